The standard InChI is InChI=1S/C25H20N2O/c1-17-10-13-19(14-11-17)25(24(28)21-7-3-5-9-23(21)27-25)16-20-15-12-18-6-2-4-8-22(18)26-20/h2-15,27H,16H2,1H3. The number of nitrogens with one attached hydrogen (secondary N) is 1. The number of Topliss-reactive ketones (excluding diaryl/α,β-unsaturated/α-hetero) is 1. The van der Waals surface area contributed by atoms with Crippen LogP contribution in [-0.4, -0.2) is 10.8 Å². The van der Waals surface area contributed by atoms with E-state index in [2.05, 4.69) is 36.5 Å². The van der Waals surface area contributed by atoms with Crippen LogP contribution in [0.25, 0.3) is 10.9 Å². The molecule has 0 saturated heterocycles. The molecular weight excluding hydrogens is 344 g/mol. The van der Waals surface area contributed by atoms with Gasteiger partial charge < -0.3 is 5.32 Å². The SMILES string of the molecule is Cc1ccc(C2(Cc3ccc4ccccc4n3)Nc3ccccc3C2=O)cc1. The summed E-state index contributed by atoms with van der Waals surface area (Å²) in [6.07, 6.45) is 0.494. The highest BCUT2D eigenvalue weighted by atomic mass is 16.1. The lowest BCUT2D eigenvalue weighted by atomic mass is 9.81. The molecule has 1 N–H and O–H groups in total. The van der Waals surface area contributed by atoms with Gasteiger partial charge in [-0.25, -0.2) is 0 Å². The van der Waals surface area contributed by atoms with E-state index in [0.29, 0.717) is 6.42 Å². The average molecular weight is 364 g/mol. The predicted octanol–water partition coefficient (Wildman–Crippen LogP) is 5.29. The summed E-state index contributed by atoms with van der Waals surface area (Å²) in [7, 11) is 0. The van der Waals surface area contributed by atoms with Crippen LogP contribution in [0, 0.1) is 6.92 Å². The Morgan fingerprint density at radius 1 is 0.857 bits per heavy atom. The van der Waals surface area contributed by atoms with Crippen LogP contribution in [0.2, 0.25) is 0 Å². The molecule has 3 heteroatoms. The molecule has 0 fully saturated rings. The summed E-state index contributed by atoms with van der Waals surface area (Å²) in [5.41, 5.74) is 4.76. The summed E-state index contributed by atoms with van der Waals surface area (Å²) < 4.78 is 0. The minimum Gasteiger partial charge on any atom is -0.368 e. The van der Waals surface area contributed by atoms with Crippen molar-refractivity contribution in [3.8, 4) is 0 Å². The zero-order valence-electron chi connectivity index (χ0n) is 15.6. The first-order chi connectivity index (χ1) is 13.7. The van der Waals surface area contributed by atoms with Crippen molar-refractivity contribution in [2.45, 2.75) is 18.9 Å². The fourth-order valence-corrected chi connectivity index (χ4v) is 4.05. The van der Waals surface area contributed by atoms with Gasteiger partial charge in [-0.3, -0.25) is 9.78 Å². The molecule has 1 unspecified atom stereocenters. The van der Waals surface area contributed by atoms with E-state index < -0.39 is 5.54 Å². The number of carbonyl (C=O) groups is 1. The minimum absolute atomic E-state index is 0.0990. The number of aryl methyl sites for hydroxylation is 1. The van der Waals surface area contributed by atoms with Crippen molar-refractivity contribution < 1.29 is 4.79 Å². The van der Waals surface area contributed by atoms with Crippen molar-refractivity contribution in [1.82, 2.24) is 4.98 Å². The minimum atomic E-state index is -0.840. The maximum absolute atomic E-state index is 13.6. The molecule has 0 amide bonds. The summed E-state index contributed by atoms with van der Waals surface area (Å²) >= 11 is 0. The molecule has 0 spiro atoms. The van der Waals surface area contributed by atoms with Crippen molar-refractivity contribution >= 4 is 22.4 Å². The molecule has 2 heterocycles. The van der Waals surface area contributed by atoms with Gasteiger partial charge in [0.25, 0.3) is 0 Å². The molecule has 4 aromatic rings. The molecule has 0 aliphatic carbocycles. The van der Waals surface area contributed by atoms with Gasteiger partial charge in [0.05, 0.1) is 5.52 Å². The third-order valence-electron chi connectivity index (χ3n) is 5.55. The summed E-state index contributed by atoms with van der Waals surface area (Å²) in [6, 6.07) is 28.1. The number of ketones is 1. The van der Waals surface area contributed by atoms with Crippen molar-refractivity contribution in [3.63, 3.8) is 0 Å². The third-order valence-corrected chi connectivity index (χ3v) is 5.55. The number of pyridine rings is 1. The molecule has 1 atom stereocenters. The number of carbonyl (C=O) groups excluding carboxylic acids is 1. The first kappa shape index (κ1) is 16.7. The summed E-state index contributed by atoms with van der Waals surface area (Å²) in [5, 5.41) is 4.64. The number of hydrogen-bond acceptors (Lipinski definition) is 3. The molecule has 3 aromatic carbocycles. The maximum atomic E-state index is 13.6. The molecule has 1 aliphatic heterocycles. The monoisotopic (exact) mass is 364 g/mol. The van der Waals surface area contributed by atoms with Gasteiger partial charge in [0.2, 0.25) is 0 Å². The molecule has 0 bridgehead atoms. The number of hydrogen-bond donors (Lipinski definition) is 1. The highest BCUT2D eigenvalue weighted by molar-refractivity contribution is 6.13. The Kier molecular flexibility index (Phi) is 3.76. The van der Waals surface area contributed by atoms with Crippen LogP contribution in [0.1, 0.15) is 27.2 Å². The fourth-order valence-electron chi connectivity index (χ4n) is 4.05. The number of rotatable bonds is 3. The first-order valence-corrected chi connectivity index (χ1v) is 9.50. The topological polar surface area (TPSA) is 42.0 Å². The predicted molar refractivity (Wildman–Crippen MR) is 113 cm³/mol. The van der Waals surface area contributed by atoms with E-state index in [1.54, 1.807) is 0 Å². The second-order valence-corrected chi connectivity index (χ2v) is 7.44. The van der Waals surface area contributed by atoms with Crippen molar-refractivity contribution in [2.24, 2.45) is 0 Å². The Morgan fingerprint density at radius 3 is 2.43 bits per heavy atom. The number of benzene rings is 3. The third kappa shape index (κ3) is 2.59. The van der Waals surface area contributed by atoms with Crippen LogP contribution >= 0.6 is 0 Å². The number of para-hydroxylation sites is 2. The Labute approximate surface area is 164 Å². The molecule has 0 saturated carbocycles. The zero-order valence-corrected chi connectivity index (χ0v) is 15.6. The molecule has 28 heavy (non-hydrogen) atoms. The van der Waals surface area contributed by atoms with Crippen LogP contribution in [-0.2, 0) is 12.0 Å². The summed E-state index contributed by atoms with van der Waals surface area (Å²) in [4.78, 5) is 18.4. The fraction of sp³-hybridized carbons (Fsp3) is 0.120. The lowest BCUT2D eigenvalue weighted by molar-refractivity contribution is 0.0916. The van der Waals surface area contributed by atoms with Gasteiger partial charge in [0, 0.05) is 28.8 Å². The van der Waals surface area contributed by atoms with E-state index in [9.17, 15) is 4.79 Å². The van der Waals surface area contributed by atoms with E-state index in [0.717, 1.165) is 33.4 Å². The summed E-state index contributed by atoms with van der Waals surface area (Å²) in [5.74, 6) is 0.0990. The van der Waals surface area contributed by atoms with Gasteiger partial charge in [-0.05, 0) is 36.8 Å². The zero-order chi connectivity index (χ0) is 19.1. The maximum Gasteiger partial charge on any atom is 0.195 e. The van der Waals surface area contributed by atoms with Crippen LogP contribution in [0.15, 0.2) is 84.9 Å². The molecule has 136 valence electrons. The smallest absolute Gasteiger partial charge is 0.195 e. The van der Waals surface area contributed by atoms with Crippen LogP contribution < -0.4 is 5.32 Å². The summed E-state index contributed by atoms with van der Waals surface area (Å²) in [6.45, 7) is 2.06. The molecule has 5 rings (SSSR count). The Balaban J connectivity index is 1.64. The van der Waals surface area contributed by atoms with E-state index >= 15 is 0 Å². The molecule has 1 aromatic heterocycles. The lowest BCUT2D eigenvalue weighted by Crippen LogP contribution is -2.41. The molecule has 3 nitrogen and oxygen atoms in total. The van der Waals surface area contributed by atoms with E-state index in [1.165, 1.54) is 5.56 Å². The van der Waals surface area contributed by atoms with E-state index in [1.807, 2.05) is 60.7 Å². The Morgan fingerprint density at radius 2 is 1.61 bits per heavy atom. The second-order valence-electron chi connectivity index (χ2n) is 7.44. The van der Waals surface area contributed by atoms with E-state index in [4.69, 9.17) is 4.98 Å². The highest BCUT2D eigenvalue weighted by Crippen LogP contribution is 2.41. The number of nitrogens with zero attached hydrogens (tertiary/aromatic N) is 1. The van der Waals surface area contributed by atoms with Crippen LogP contribution in [0.5, 0.6) is 0 Å². The largest absolute Gasteiger partial charge is 0.368 e. The van der Waals surface area contributed by atoms with Crippen LogP contribution in [0.4, 0.5) is 5.69 Å². The lowest BCUT2D eigenvalue weighted by Gasteiger charge is -2.29. The number of aromatic nitrogens is 1. The van der Waals surface area contributed by atoms with Gasteiger partial charge in [-0.2, -0.15) is 0 Å². The normalized spacial score (nSPS) is 18.1. The average Bonchev–Trinajstić information content (AvgIpc) is 3.01. The van der Waals surface area contributed by atoms with Gasteiger partial charge in [-0.15, -0.1) is 0 Å². The quantitative estimate of drug-likeness (QED) is 0.537. The Bertz CT molecular complexity index is 1200. The van der Waals surface area contributed by atoms with Gasteiger partial charge in [-0.1, -0.05) is 66.2 Å². The van der Waals surface area contributed by atoms with E-state index in [-0.39, 0.29) is 5.78 Å². The van der Waals surface area contributed by atoms with Gasteiger partial charge >= 0.3 is 0 Å². The number of anilines is 1. The number of fused-ring (bicyclic) bond motifs is 2. The highest BCUT2D eigenvalue weighted by Gasteiger charge is 2.46. The molecular formula is C25H20N2O. The second kappa shape index (κ2) is 6.31. The first-order valence-electron chi connectivity index (χ1n) is 9.50. The molecule has 0 radical (unpaired) electrons. The van der Waals surface area contributed by atoms with Crippen molar-refractivity contribution in [2.75, 3.05) is 5.32 Å². The van der Waals surface area contributed by atoms with Gasteiger partial charge in [0.15, 0.2) is 5.78 Å². The van der Waals surface area contributed by atoms with Crippen molar-refractivity contribution in [1.29, 1.82) is 0 Å². The molecule has 1 aliphatic rings. The Hall–Kier alpha value is -3.46. The van der Waals surface area contributed by atoms with Crippen molar-refractivity contribution in [3.05, 3.63) is 107 Å². The van der Waals surface area contributed by atoms with Gasteiger partial charge in [0.1, 0.15) is 5.54 Å². The van der Waals surface area contributed by atoms with Crippen LogP contribution in [0.3, 0.4) is 0 Å².